The fourth-order valence-corrected chi connectivity index (χ4v) is 4.64. The summed E-state index contributed by atoms with van der Waals surface area (Å²) in [5, 5.41) is 3.06. The van der Waals surface area contributed by atoms with E-state index in [2.05, 4.69) is 25.3 Å². The summed E-state index contributed by atoms with van der Waals surface area (Å²) in [5.41, 5.74) is -0.723. The number of nitrogens with zero attached hydrogens (tertiary/aromatic N) is 5. The van der Waals surface area contributed by atoms with Crippen LogP contribution in [0.4, 0.5) is 23.5 Å². The fraction of sp³-hybridized carbons (Fsp3) is 0.318. The molecule has 11 heteroatoms. The summed E-state index contributed by atoms with van der Waals surface area (Å²) in [6.07, 6.45) is 1.36. The highest BCUT2D eigenvalue weighted by Crippen LogP contribution is 2.40. The van der Waals surface area contributed by atoms with Crippen LogP contribution in [-0.2, 0) is 6.18 Å². The quantitative estimate of drug-likeness (QED) is 0.599. The number of piperidine rings is 1. The minimum absolute atomic E-state index is 0.0430. The Morgan fingerprint density at radius 3 is 2.42 bits per heavy atom. The van der Waals surface area contributed by atoms with Gasteiger partial charge in [0.15, 0.2) is 5.82 Å². The zero-order valence-corrected chi connectivity index (χ0v) is 17.1. The van der Waals surface area contributed by atoms with E-state index in [1.165, 1.54) is 24.5 Å². The maximum atomic E-state index is 14.7. The summed E-state index contributed by atoms with van der Waals surface area (Å²) in [7, 11) is 0. The molecule has 1 saturated carbocycles. The van der Waals surface area contributed by atoms with Crippen molar-refractivity contribution < 1.29 is 22.4 Å². The molecule has 7 nitrogen and oxygen atoms in total. The van der Waals surface area contributed by atoms with Gasteiger partial charge in [0.05, 0.1) is 22.7 Å². The van der Waals surface area contributed by atoms with E-state index in [0.29, 0.717) is 6.54 Å². The number of alkyl halides is 3. The second-order valence-electron chi connectivity index (χ2n) is 8.14. The SMILES string of the molecule is O=C(c1cccc(F)c1-c1ncccn1)N1C[C@H]2C[C@@H](Nc3ncc(C(F)(F)F)cn3)[C@@H]1C2. The number of hydrogen-bond acceptors (Lipinski definition) is 6. The van der Waals surface area contributed by atoms with Crippen molar-refractivity contribution in [1.82, 2.24) is 24.8 Å². The molecule has 0 spiro atoms. The van der Waals surface area contributed by atoms with Crippen LogP contribution in [0.15, 0.2) is 49.1 Å². The summed E-state index contributed by atoms with van der Waals surface area (Å²) in [5.74, 6) is -0.530. The van der Waals surface area contributed by atoms with Gasteiger partial charge < -0.3 is 10.2 Å². The van der Waals surface area contributed by atoms with Crippen LogP contribution in [-0.4, -0.2) is 49.4 Å². The summed E-state index contributed by atoms with van der Waals surface area (Å²) in [6, 6.07) is 5.42. The van der Waals surface area contributed by atoms with Gasteiger partial charge in [0.1, 0.15) is 5.82 Å². The number of benzene rings is 1. The van der Waals surface area contributed by atoms with E-state index in [9.17, 15) is 22.4 Å². The van der Waals surface area contributed by atoms with Crippen LogP contribution in [0.25, 0.3) is 11.4 Å². The highest BCUT2D eigenvalue weighted by Gasteiger charge is 2.47. The topological polar surface area (TPSA) is 83.9 Å². The fourth-order valence-electron chi connectivity index (χ4n) is 4.64. The summed E-state index contributed by atoms with van der Waals surface area (Å²) < 4.78 is 52.9. The van der Waals surface area contributed by atoms with Crippen LogP contribution in [0, 0.1) is 11.7 Å². The van der Waals surface area contributed by atoms with Gasteiger partial charge in [-0.05, 0) is 37.0 Å². The van der Waals surface area contributed by atoms with Crippen LogP contribution in [0.1, 0.15) is 28.8 Å². The molecular formula is C22H18F4N6O. The van der Waals surface area contributed by atoms with Gasteiger partial charge in [-0.1, -0.05) is 6.07 Å². The number of rotatable bonds is 4. The van der Waals surface area contributed by atoms with Crippen LogP contribution in [0.2, 0.25) is 0 Å². The molecule has 3 atom stereocenters. The Morgan fingerprint density at radius 2 is 1.76 bits per heavy atom. The molecule has 2 fully saturated rings. The van der Waals surface area contributed by atoms with E-state index in [1.54, 1.807) is 17.0 Å². The van der Waals surface area contributed by atoms with Gasteiger partial charge in [-0.25, -0.2) is 24.3 Å². The van der Waals surface area contributed by atoms with Crippen molar-refractivity contribution in [2.24, 2.45) is 5.92 Å². The van der Waals surface area contributed by atoms with Gasteiger partial charge in [0.2, 0.25) is 5.95 Å². The molecular weight excluding hydrogens is 440 g/mol. The van der Waals surface area contributed by atoms with E-state index in [-0.39, 0.29) is 46.8 Å². The Bertz CT molecular complexity index is 1170. The molecule has 0 radical (unpaired) electrons. The molecule has 33 heavy (non-hydrogen) atoms. The normalized spacial score (nSPS) is 21.9. The lowest BCUT2D eigenvalue weighted by atomic mass is 10.0. The number of amides is 1. The second-order valence-corrected chi connectivity index (χ2v) is 8.14. The highest BCUT2D eigenvalue weighted by molar-refractivity contribution is 6.00. The predicted molar refractivity (Wildman–Crippen MR) is 109 cm³/mol. The summed E-state index contributed by atoms with van der Waals surface area (Å²) in [4.78, 5) is 30.9. The standard InChI is InChI=1S/C22H18F4N6O/c23-15-4-1-3-14(18(15)19-27-5-2-6-28-19)20(33)32-11-12-7-16(17(32)8-12)31-21-29-9-13(10-30-21)22(24,25)26/h1-6,9-10,12,16-17H,7-8,11H2,(H,29,30,31)/t12-,16+,17-/m0/s1. The largest absolute Gasteiger partial charge is 0.419 e. The third kappa shape index (κ3) is 3.98. The van der Waals surface area contributed by atoms with Gasteiger partial charge in [-0.2, -0.15) is 13.2 Å². The molecule has 3 aromatic rings. The molecule has 2 aromatic heterocycles. The highest BCUT2D eigenvalue weighted by atomic mass is 19.4. The second kappa shape index (κ2) is 8.05. The molecule has 2 bridgehead atoms. The summed E-state index contributed by atoms with van der Waals surface area (Å²) in [6.45, 7) is 0.515. The van der Waals surface area contributed by atoms with Crippen molar-refractivity contribution in [3.05, 3.63) is 66.0 Å². The van der Waals surface area contributed by atoms with Crippen molar-refractivity contribution in [2.75, 3.05) is 11.9 Å². The van der Waals surface area contributed by atoms with E-state index in [1.807, 2.05) is 0 Å². The Balaban J connectivity index is 1.38. The molecule has 1 N–H and O–H groups in total. The molecule has 1 aliphatic heterocycles. The monoisotopic (exact) mass is 458 g/mol. The number of aromatic nitrogens is 4. The number of nitrogens with one attached hydrogen (secondary N) is 1. The van der Waals surface area contributed by atoms with Crippen LogP contribution in [0.3, 0.4) is 0 Å². The van der Waals surface area contributed by atoms with Crippen molar-refractivity contribution >= 4 is 11.9 Å². The number of anilines is 1. The lowest BCUT2D eigenvalue weighted by molar-refractivity contribution is -0.138. The lowest BCUT2D eigenvalue weighted by Gasteiger charge is -2.34. The van der Waals surface area contributed by atoms with Crippen molar-refractivity contribution in [1.29, 1.82) is 0 Å². The molecule has 0 unspecified atom stereocenters. The van der Waals surface area contributed by atoms with E-state index < -0.39 is 17.6 Å². The van der Waals surface area contributed by atoms with Crippen LogP contribution in [0.5, 0.6) is 0 Å². The van der Waals surface area contributed by atoms with Gasteiger partial charge >= 0.3 is 6.18 Å². The minimum Gasteiger partial charge on any atom is -0.349 e. The van der Waals surface area contributed by atoms with Gasteiger partial charge in [-0.3, -0.25) is 4.79 Å². The molecule has 1 aliphatic carbocycles. The van der Waals surface area contributed by atoms with E-state index in [4.69, 9.17) is 0 Å². The molecule has 170 valence electrons. The van der Waals surface area contributed by atoms with E-state index in [0.717, 1.165) is 25.2 Å². The van der Waals surface area contributed by atoms with Gasteiger partial charge in [0.25, 0.3) is 5.91 Å². The zero-order chi connectivity index (χ0) is 23.2. The van der Waals surface area contributed by atoms with Crippen LogP contribution < -0.4 is 5.32 Å². The maximum Gasteiger partial charge on any atom is 0.419 e. The van der Waals surface area contributed by atoms with Gasteiger partial charge in [0, 0.05) is 37.4 Å². The third-order valence-corrected chi connectivity index (χ3v) is 6.07. The number of halogens is 4. The average molecular weight is 458 g/mol. The Hall–Kier alpha value is -3.63. The number of fused-ring (bicyclic) bond motifs is 2. The predicted octanol–water partition coefficient (Wildman–Crippen LogP) is 3.81. The number of hydrogen-bond donors (Lipinski definition) is 1. The molecule has 2 aliphatic rings. The Labute approximate surface area is 185 Å². The molecule has 5 rings (SSSR count). The first-order valence-electron chi connectivity index (χ1n) is 10.3. The smallest absolute Gasteiger partial charge is 0.349 e. The average Bonchev–Trinajstić information content (AvgIpc) is 3.39. The molecule has 1 aromatic carbocycles. The molecule has 1 saturated heterocycles. The van der Waals surface area contributed by atoms with E-state index >= 15 is 0 Å². The van der Waals surface area contributed by atoms with Crippen molar-refractivity contribution in [2.45, 2.75) is 31.1 Å². The molecule has 1 amide bonds. The molecule has 3 heterocycles. The van der Waals surface area contributed by atoms with Crippen molar-refractivity contribution in [3.8, 4) is 11.4 Å². The first kappa shape index (κ1) is 21.2. The minimum atomic E-state index is -4.51. The van der Waals surface area contributed by atoms with Crippen LogP contribution >= 0.6 is 0 Å². The summed E-state index contributed by atoms with van der Waals surface area (Å²) >= 11 is 0. The van der Waals surface area contributed by atoms with Gasteiger partial charge in [-0.15, -0.1) is 0 Å². The first-order valence-corrected chi connectivity index (χ1v) is 10.3. The van der Waals surface area contributed by atoms with Crippen molar-refractivity contribution in [3.63, 3.8) is 0 Å². The Kier molecular flexibility index (Phi) is 5.18. The maximum absolute atomic E-state index is 14.7. The first-order chi connectivity index (χ1) is 15.8. The Morgan fingerprint density at radius 1 is 1.03 bits per heavy atom. The zero-order valence-electron chi connectivity index (χ0n) is 17.1. The lowest BCUT2D eigenvalue weighted by Crippen LogP contribution is -2.48. The number of likely N-dealkylation sites (tertiary alicyclic amines) is 1. The third-order valence-electron chi connectivity index (χ3n) is 6.07. The number of carbonyl (C=O) groups is 1. The number of carbonyl (C=O) groups excluding carboxylic acids is 1.